The number of aryl methyl sites for hydroxylation is 2. The van der Waals surface area contributed by atoms with Gasteiger partial charge in [0, 0.05) is 18.7 Å². The third kappa shape index (κ3) is 1.39. The van der Waals surface area contributed by atoms with E-state index < -0.39 is 0 Å². The largest absolute Gasteiger partial charge is 0.480 e. The van der Waals surface area contributed by atoms with Gasteiger partial charge in [-0.2, -0.15) is 0 Å². The van der Waals surface area contributed by atoms with Gasteiger partial charge in [-0.3, -0.25) is 4.79 Å². The standard InChI is InChI=1S/C7H10N2O2/c1-5-4-6(11-3)8-9(2)7(5)10/h4H,1-3H3. The Morgan fingerprint density at radius 3 is 2.73 bits per heavy atom. The zero-order valence-corrected chi connectivity index (χ0v) is 6.79. The molecule has 0 N–H and O–H groups in total. The fourth-order valence-electron chi connectivity index (χ4n) is 0.824. The quantitative estimate of drug-likeness (QED) is 0.576. The molecule has 1 heterocycles. The molecule has 4 heteroatoms. The molecule has 0 atom stereocenters. The van der Waals surface area contributed by atoms with E-state index >= 15 is 0 Å². The maximum atomic E-state index is 11.1. The lowest BCUT2D eigenvalue weighted by molar-refractivity contribution is 0.381. The van der Waals surface area contributed by atoms with Gasteiger partial charge in [-0.15, -0.1) is 5.10 Å². The van der Waals surface area contributed by atoms with Gasteiger partial charge in [-0.25, -0.2) is 4.68 Å². The Balaban J connectivity index is 3.32. The number of nitrogens with zero attached hydrogens (tertiary/aromatic N) is 2. The molecular formula is C7H10N2O2. The maximum absolute atomic E-state index is 11.1. The van der Waals surface area contributed by atoms with E-state index in [4.69, 9.17) is 4.74 Å². The number of ether oxygens (including phenoxy) is 1. The van der Waals surface area contributed by atoms with E-state index in [0.29, 0.717) is 11.4 Å². The van der Waals surface area contributed by atoms with Crippen LogP contribution < -0.4 is 10.3 Å². The van der Waals surface area contributed by atoms with Crippen LogP contribution in [0.25, 0.3) is 0 Å². The maximum Gasteiger partial charge on any atom is 0.269 e. The Bertz CT molecular complexity index is 290. The first-order valence-electron chi connectivity index (χ1n) is 3.24. The Morgan fingerprint density at radius 1 is 1.64 bits per heavy atom. The van der Waals surface area contributed by atoms with Gasteiger partial charge >= 0.3 is 0 Å². The predicted octanol–water partition coefficient (Wildman–Crippen LogP) is 0.0973. The molecule has 0 bridgehead atoms. The van der Waals surface area contributed by atoms with E-state index in [1.807, 2.05) is 0 Å². The second-order valence-corrected chi connectivity index (χ2v) is 2.30. The summed E-state index contributed by atoms with van der Waals surface area (Å²) in [5, 5.41) is 3.83. The molecule has 0 aliphatic rings. The second kappa shape index (κ2) is 2.74. The van der Waals surface area contributed by atoms with Crippen LogP contribution in [0.15, 0.2) is 10.9 Å². The van der Waals surface area contributed by atoms with E-state index in [-0.39, 0.29) is 5.56 Å². The smallest absolute Gasteiger partial charge is 0.269 e. The van der Waals surface area contributed by atoms with Crippen molar-refractivity contribution in [3.8, 4) is 5.88 Å². The Labute approximate surface area is 64.4 Å². The molecule has 1 rings (SSSR count). The highest BCUT2D eigenvalue weighted by molar-refractivity contribution is 5.15. The van der Waals surface area contributed by atoms with Crippen molar-refractivity contribution in [2.45, 2.75) is 6.92 Å². The van der Waals surface area contributed by atoms with Crippen LogP contribution in [0, 0.1) is 6.92 Å². The van der Waals surface area contributed by atoms with E-state index in [1.165, 1.54) is 11.8 Å². The van der Waals surface area contributed by atoms with E-state index in [1.54, 1.807) is 20.0 Å². The number of hydrogen-bond acceptors (Lipinski definition) is 3. The Hall–Kier alpha value is -1.32. The zero-order chi connectivity index (χ0) is 8.43. The van der Waals surface area contributed by atoms with E-state index in [0.717, 1.165) is 0 Å². The Morgan fingerprint density at radius 2 is 2.27 bits per heavy atom. The molecule has 1 aromatic rings. The average molecular weight is 154 g/mol. The molecule has 60 valence electrons. The molecule has 0 radical (unpaired) electrons. The SMILES string of the molecule is COc1cc(C)c(=O)n(C)n1. The lowest BCUT2D eigenvalue weighted by atomic mass is 10.3. The summed E-state index contributed by atoms with van der Waals surface area (Å²) in [6.07, 6.45) is 0. The third-order valence-electron chi connectivity index (χ3n) is 1.43. The fourth-order valence-corrected chi connectivity index (χ4v) is 0.824. The lowest BCUT2D eigenvalue weighted by Gasteiger charge is -2.01. The van der Waals surface area contributed by atoms with Crippen LogP contribution in [0.1, 0.15) is 5.56 Å². The van der Waals surface area contributed by atoms with Crippen LogP contribution in [0.4, 0.5) is 0 Å². The molecule has 0 aliphatic carbocycles. The summed E-state index contributed by atoms with van der Waals surface area (Å²) in [4.78, 5) is 11.1. The first-order chi connectivity index (χ1) is 5.15. The molecule has 0 spiro atoms. The molecule has 11 heavy (non-hydrogen) atoms. The second-order valence-electron chi connectivity index (χ2n) is 2.30. The normalized spacial score (nSPS) is 9.73. The summed E-state index contributed by atoms with van der Waals surface area (Å²) < 4.78 is 6.12. The van der Waals surface area contributed by atoms with Crippen molar-refractivity contribution in [3.05, 3.63) is 22.0 Å². The molecule has 0 saturated heterocycles. The van der Waals surface area contributed by atoms with Crippen LogP contribution in [-0.4, -0.2) is 16.9 Å². The summed E-state index contributed by atoms with van der Waals surface area (Å²) in [6.45, 7) is 1.73. The molecule has 4 nitrogen and oxygen atoms in total. The van der Waals surface area contributed by atoms with Crippen molar-refractivity contribution in [2.75, 3.05) is 7.11 Å². The number of rotatable bonds is 1. The molecule has 0 aliphatic heterocycles. The van der Waals surface area contributed by atoms with Gasteiger partial charge < -0.3 is 4.74 Å². The summed E-state index contributed by atoms with van der Waals surface area (Å²) in [7, 11) is 3.12. The number of hydrogen-bond donors (Lipinski definition) is 0. The van der Waals surface area contributed by atoms with E-state index in [2.05, 4.69) is 5.10 Å². The highest BCUT2D eigenvalue weighted by Crippen LogP contribution is 2.02. The van der Waals surface area contributed by atoms with Crippen LogP contribution >= 0.6 is 0 Å². The van der Waals surface area contributed by atoms with Gasteiger partial charge in [0.2, 0.25) is 5.88 Å². The minimum atomic E-state index is -0.0919. The first kappa shape index (κ1) is 7.78. The van der Waals surface area contributed by atoms with Crippen LogP contribution in [0.2, 0.25) is 0 Å². The van der Waals surface area contributed by atoms with E-state index in [9.17, 15) is 4.79 Å². The van der Waals surface area contributed by atoms with Gasteiger partial charge in [-0.1, -0.05) is 0 Å². The molecule has 0 fully saturated rings. The molecule has 1 aromatic heterocycles. The molecule has 0 saturated carbocycles. The molecular weight excluding hydrogens is 144 g/mol. The van der Waals surface area contributed by atoms with Gasteiger partial charge in [0.05, 0.1) is 7.11 Å². The fraction of sp³-hybridized carbons (Fsp3) is 0.429. The van der Waals surface area contributed by atoms with Crippen molar-refractivity contribution in [1.29, 1.82) is 0 Å². The van der Waals surface area contributed by atoms with Crippen molar-refractivity contribution in [3.63, 3.8) is 0 Å². The predicted molar refractivity (Wildman–Crippen MR) is 40.8 cm³/mol. The first-order valence-corrected chi connectivity index (χ1v) is 3.24. The number of aromatic nitrogens is 2. The van der Waals surface area contributed by atoms with Crippen molar-refractivity contribution >= 4 is 0 Å². The van der Waals surface area contributed by atoms with Gasteiger partial charge in [-0.05, 0) is 6.92 Å². The monoisotopic (exact) mass is 154 g/mol. The van der Waals surface area contributed by atoms with Gasteiger partial charge in [0.15, 0.2) is 0 Å². The molecule has 0 unspecified atom stereocenters. The Kier molecular flexibility index (Phi) is 1.94. The molecule has 0 aromatic carbocycles. The van der Waals surface area contributed by atoms with Gasteiger partial charge in [0.25, 0.3) is 5.56 Å². The average Bonchev–Trinajstić information content (AvgIpc) is 1.99. The third-order valence-corrected chi connectivity index (χ3v) is 1.43. The van der Waals surface area contributed by atoms with Crippen molar-refractivity contribution in [2.24, 2.45) is 7.05 Å². The summed E-state index contributed by atoms with van der Waals surface area (Å²) in [5.41, 5.74) is 0.546. The highest BCUT2D eigenvalue weighted by Gasteiger charge is 1.99. The van der Waals surface area contributed by atoms with Crippen LogP contribution in [0.5, 0.6) is 5.88 Å². The summed E-state index contributed by atoms with van der Waals surface area (Å²) in [6, 6.07) is 1.61. The van der Waals surface area contributed by atoms with Crippen LogP contribution in [-0.2, 0) is 7.05 Å². The molecule has 0 amide bonds. The zero-order valence-electron chi connectivity index (χ0n) is 6.79. The summed E-state index contributed by atoms with van der Waals surface area (Å²) in [5.74, 6) is 0.463. The lowest BCUT2D eigenvalue weighted by Crippen LogP contribution is -2.21. The van der Waals surface area contributed by atoms with Crippen molar-refractivity contribution in [1.82, 2.24) is 9.78 Å². The number of methoxy groups -OCH3 is 1. The topological polar surface area (TPSA) is 44.1 Å². The minimum absolute atomic E-state index is 0.0919. The van der Waals surface area contributed by atoms with Crippen molar-refractivity contribution < 1.29 is 4.74 Å². The summed E-state index contributed by atoms with van der Waals surface area (Å²) >= 11 is 0. The van der Waals surface area contributed by atoms with Gasteiger partial charge in [0.1, 0.15) is 0 Å². The minimum Gasteiger partial charge on any atom is -0.480 e. The van der Waals surface area contributed by atoms with Crippen LogP contribution in [0.3, 0.4) is 0 Å². The highest BCUT2D eigenvalue weighted by atomic mass is 16.5.